The van der Waals surface area contributed by atoms with Crippen LogP contribution in [0.25, 0.3) is 0 Å². The van der Waals surface area contributed by atoms with Gasteiger partial charge in [0.25, 0.3) is 11.8 Å². The lowest BCUT2D eigenvalue weighted by Gasteiger charge is -2.15. The summed E-state index contributed by atoms with van der Waals surface area (Å²) in [4.78, 5) is 37.9. The molecule has 0 fully saturated rings. The molecular weight excluding hydrogens is 332 g/mol. The van der Waals surface area contributed by atoms with Crippen molar-refractivity contribution in [2.45, 2.75) is 6.92 Å². The van der Waals surface area contributed by atoms with Gasteiger partial charge in [-0.05, 0) is 19.1 Å². The first-order valence-electron chi connectivity index (χ1n) is 8.17. The van der Waals surface area contributed by atoms with Crippen molar-refractivity contribution in [2.75, 3.05) is 18.5 Å². The minimum absolute atomic E-state index is 0.0662. The summed E-state index contributed by atoms with van der Waals surface area (Å²) >= 11 is 0. The number of anilines is 1. The molecule has 0 aromatic heterocycles. The number of imide groups is 1. The molecule has 2 N–H and O–H groups in total. The first-order chi connectivity index (χ1) is 12.5. The number of hydrogen-bond acceptors (Lipinski definition) is 5. The molecule has 2 aromatic rings. The molecule has 2 amide bonds. The van der Waals surface area contributed by atoms with E-state index in [1.807, 2.05) is 19.1 Å². The molecule has 0 atom stereocenters. The van der Waals surface area contributed by atoms with E-state index in [0.29, 0.717) is 16.8 Å². The topological polar surface area (TPSA) is 86.7 Å². The second kappa shape index (κ2) is 7.33. The number of carbonyl (C=O) groups is 3. The molecule has 0 aliphatic carbocycles. The molecule has 6 nitrogen and oxygen atoms in total. The SMILES string of the molecule is Cc1ccc(C(=O)c2ccccc2NC2=CC(=O)N(CCO)C2=O)cc1. The fourth-order valence-electron chi connectivity index (χ4n) is 2.71. The maximum Gasteiger partial charge on any atom is 0.277 e. The monoisotopic (exact) mass is 350 g/mol. The Labute approximate surface area is 150 Å². The molecule has 0 unspecified atom stereocenters. The number of nitrogens with zero attached hydrogens (tertiary/aromatic N) is 1. The summed E-state index contributed by atoms with van der Waals surface area (Å²) in [6.07, 6.45) is 1.17. The number of benzene rings is 2. The lowest BCUT2D eigenvalue weighted by atomic mass is 10.0. The molecule has 0 saturated carbocycles. The molecule has 1 heterocycles. The minimum atomic E-state index is -0.526. The average molecular weight is 350 g/mol. The first-order valence-corrected chi connectivity index (χ1v) is 8.17. The molecule has 1 aliphatic heterocycles. The maximum atomic E-state index is 12.8. The normalized spacial score (nSPS) is 13.8. The van der Waals surface area contributed by atoms with E-state index in [1.165, 1.54) is 6.08 Å². The van der Waals surface area contributed by atoms with E-state index >= 15 is 0 Å². The van der Waals surface area contributed by atoms with Crippen LogP contribution in [0.2, 0.25) is 0 Å². The fraction of sp³-hybridized carbons (Fsp3) is 0.150. The molecule has 1 aliphatic rings. The van der Waals surface area contributed by atoms with Crippen molar-refractivity contribution >= 4 is 23.3 Å². The van der Waals surface area contributed by atoms with Crippen LogP contribution < -0.4 is 5.32 Å². The minimum Gasteiger partial charge on any atom is -0.395 e. The molecule has 0 saturated heterocycles. The summed E-state index contributed by atoms with van der Waals surface area (Å²) in [6.45, 7) is 1.57. The molecule has 132 valence electrons. The van der Waals surface area contributed by atoms with E-state index < -0.39 is 11.8 Å². The Morgan fingerprint density at radius 2 is 1.77 bits per heavy atom. The molecule has 3 rings (SSSR count). The average Bonchev–Trinajstić information content (AvgIpc) is 2.90. The molecule has 0 bridgehead atoms. The lowest BCUT2D eigenvalue weighted by Crippen LogP contribution is -2.34. The van der Waals surface area contributed by atoms with Crippen molar-refractivity contribution < 1.29 is 19.5 Å². The quantitative estimate of drug-likeness (QED) is 0.614. The zero-order valence-electron chi connectivity index (χ0n) is 14.2. The smallest absolute Gasteiger partial charge is 0.277 e. The lowest BCUT2D eigenvalue weighted by molar-refractivity contribution is -0.137. The van der Waals surface area contributed by atoms with Gasteiger partial charge >= 0.3 is 0 Å². The highest BCUT2D eigenvalue weighted by Gasteiger charge is 2.31. The van der Waals surface area contributed by atoms with Gasteiger partial charge in [-0.3, -0.25) is 19.3 Å². The summed E-state index contributed by atoms with van der Waals surface area (Å²) in [5.41, 5.74) is 2.51. The number of hydrogen-bond donors (Lipinski definition) is 2. The van der Waals surface area contributed by atoms with E-state index in [1.54, 1.807) is 36.4 Å². The van der Waals surface area contributed by atoms with Gasteiger partial charge < -0.3 is 10.4 Å². The van der Waals surface area contributed by atoms with E-state index in [2.05, 4.69) is 5.32 Å². The Hall–Kier alpha value is -3.25. The highest BCUT2D eigenvalue weighted by atomic mass is 16.3. The second-order valence-electron chi connectivity index (χ2n) is 5.94. The Balaban J connectivity index is 1.88. The molecule has 0 radical (unpaired) electrons. The van der Waals surface area contributed by atoms with Crippen LogP contribution >= 0.6 is 0 Å². The van der Waals surface area contributed by atoms with Gasteiger partial charge in [-0.15, -0.1) is 0 Å². The summed E-state index contributed by atoms with van der Waals surface area (Å²) in [5, 5.41) is 11.9. The Morgan fingerprint density at radius 3 is 2.46 bits per heavy atom. The van der Waals surface area contributed by atoms with Gasteiger partial charge in [0.2, 0.25) is 0 Å². The van der Waals surface area contributed by atoms with Gasteiger partial charge in [-0.1, -0.05) is 42.0 Å². The van der Waals surface area contributed by atoms with Crippen molar-refractivity contribution in [3.63, 3.8) is 0 Å². The maximum absolute atomic E-state index is 12.8. The van der Waals surface area contributed by atoms with Crippen molar-refractivity contribution in [3.05, 3.63) is 77.0 Å². The number of rotatable bonds is 6. The predicted octanol–water partition coefficient (Wildman–Crippen LogP) is 1.88. The van der Waals surface area contributed by atoms with E-state index in [9.17, 15) is 14.4 Å². The largest absolute Gasteiger partial charge is 0.395 e. The number of amides is 2. The van der Waals surface area contributed by atoms with Gasteiger partial charge in [0.1, 0.15) is 5.70 Å². The van der Waals surface area contributed by atoms with Crippen LogP contribution in [-0.2, 0) is 9.59 Å². The number of aliphatic hydroxyl groups excluding tert-OH is 1. The van der Waals surface area contributed by atoms with Gasteiger partial charge in [0, 0.05) is 22.9 Å². The molecule has 2 aromatic carbocycles. The number of β-amino-alcohol motifs (C(OH)–C–C–N with tert-alkyl or cyclic N) is 1. The zero-order chi connectivity index (χ0) is 18.7. The Morgan fingerprint density at radius 1 is 1.08 bits per heavy atom. The van der Waals surface area contributed by atoms with Crippen LogP contribution in [0.5, 0.6) is 0 Å². The van der Waals surface area contributed by atoms with Gasteiger partial charge in [-0.25, -0.2) is 0 Å². The summed E-state index contributed by atoms with van der Waals surface area (Å²) in [5.74, 6) is -1.20. The highest BCUT2D eigenvalue weighted by Crippen LogP contribution is 2.23. The molecule has 26 heavy (non-hydrogen) atoms. The van der Waals surface area contributed by atoms with Crippen LogP contribution in [0.3, 0.4) is 0 Å². The fourth-order valence-corrected chi connectivity index (χ4v) is 2.71. The highest BCUT2D eigenvalue weighted by molar-refractivity contribution is 6.18. The van der Waals surface area contributed by atoms with Crippen LogP contribution in [0.15, 0.2) is 60.3 Å². The van der Waals surface area contributed by atoms with Crippen molar-refractivity contribution in [1.82, 2.24) is 4.90 Å². The van der Waals surface area contributed by atoms with Crippen molar-refractivity contribution in [1.29, 1.82) is 0 Å². The van der Waals surface area contributed by atoms with Crippen LogP contribution in [0.4, 0.5) is 5.69 Å². The van der Waals surface area contributed by atoms with Crippen LogP contribution in [0.1, 0.15) is 21.5 Å². The third kappa shape index (κ3) is 3.41. The van der Waals surface area contributed by atoms with Crippen LogP contribution in [-0.4, -0.2) is 40.8 Å². The first kappa shape index (κ1) is 17.6. The third-order valence-electron chi connectivity index (χ3n) is 4.09. The molecular formula is C20H18N2O4. The summed E-state index contributed by atoms with van der Waals surface area (Å²) in [6, 6.07) is 14.0. The van der Waals surface area contributed by atoms with Crippen LogP contribution in [0, 0.1) is 6.92 Å². The van der Waals surface area contributed by atoms with E-state index in [0.717, 1.165) is 10.5 Å². The third-order valence-corrected chi connectivity index (χ3v) is 4.09. The Kier molecular flexibility index (Phi) is 4.95. The standard InChI is InChI=1S/C20H18N2O4/c1-13-6-8-14(9-7-13)19(25)15-4-2-3-5-16(15)21-17-12-18(24)22(10-11-23)20(17)26/h2-9,12,21,23H,10-11H2,1H3. The van der Waals surface area contributed by atoms with E-state index in [-0.39, 0.29) is 24.6 Å². The molecule has 6 heteroatoms. The van der Waals surface area contributed by atoms with E-state index in [4.69, 9.17) is 5.11 Å². The summed E-state index contributed by atoms with van der Waals surface area (Å²) in [7, 11) is 0. The van der Waals surface area contributed by atoms with Gasteiger partial charge in [0.15, 0.2) is 5.78 Å². The Bertz CT molecular complexity index is 900. The van der Waals surface area contributed by atoms with Gasteiger partial charge in [-0.2, -0.15) is 0 Å². The number of carbonyl (C=O) groups excluding carboxylic acids is 3. The van der Waals surface area contributed by atoms with Crippen molar-refractivity contribution in [2.24, 2.45) is 0 Å². The number of para-hydroxylation sites is 1. The number of aliphatic hydroxyl groups is 1. The summed E-state index contributed by atoms with van der Waals surface area (Å²) < 4.78 is 0. The predicted molar refractivity (Wildman–Crippen MR) is 96.6 cm³/mol. The molecule has 0 spiro atoms. The van der Waals surface area contributed by atoms with Crippen molar-refractivity contribution in [3.8, 4) is 0 Å². The van der Waals surface area contributed by atoms with Gasteiger partial charge in [0.05, 0.1) is 13.2 Å². The second-order valence-corrected chi connectivity index (χ2v) is 5.94. The number of ketones is 1. The zero-order valence-corrected chi connectivity index (χ0v) is 14.2. The number of aryl methyl sites for hydroxylation is 1. The number of nitrogens with one attached hydrogen (secondary N) is 1.